The van der Waals surface area contributed by atoms with E-state index in [0.717, 1.165) is 37.1 Å². The molecule has 2 rings (SSSR count). The van der Waals surface area contributed by atoms with Gasteiger partial charge in [-0.2, -0.15) is 0 Å². The molecule has 112 valence electrons. The molecule has 1 N–H and O–H groups in total. The summed E-state index contributed by atoms with van der Waals surface area (Å²) in [5.41, 5.74) is 1.40. The number of rotatable bonds is 5. The van der Waals surface area contributed by atoms with Crippen LogP contribution in [0.1, 0.15) is 24.0 Å². The number of ether oxygens (including phenoxy) is 2. The Labute approximate surface area is 121 Å². The van der Waals surface area contributed by atoms with Crippen LogP contribution in [0.2, 0.25) is 0 Å². The largest absolute Gasteiger partial charge is 0.385 e. The molecule has 1 aromatic carbocycles. The van der Waals surface area contributed by atoms with Crippen LogP contribution in [-0.4, -0.2) is 50.7 Å². The summed E-state index contributed by atoms with van der Waals surface area (Å²) in [6.45, 7) is 1.84. The van der Waals surface area contributed by atoms with Gasteiger partial charge >= 0.3 is 0 Å². The Morgan fingerprint density at radius 3 is 2.40 bits per heavy atom. The Morgan fingerprint density at radius 1 is 1.20 bits per heavy atom. The molecule has 1 fully saturated rings. The quantitative estimate of drug-likeness (QED) is 0.834. The topological polar surface area (TPSA) is 41.9 Å². The van der Waals surface area contributed by atoms with Crippen LogP contribution in [0.15, 0.2) is 24.3 Å². The standard InChI is InChI=1S/C16H25NO3/c1-17-10-8-16(18,9-11-17)14-7-5-4-6-13(14)12-15(19-2)20-3/h4-7,15,18H,8-12H2,1-3H3. The number of methoxy groups -OCH3 is 2. The summed E-state index contributed by atoms with van der Waals surface area (Å²) >= 11 is 0. The summed E-state index contributed by atoms with van der Waals surface area (Å²) in [5.74, 6) is 0. The van der Waals surface area contributed by atoms with Gasteiger partial charge in [0.05, 0.1) is 5.60 Å². The van der Waals surface area contributed by atoms with Crippen molar-refractivity contribution in [1.82, 2.24) is 4.90 Å². The number of likely N-dealkylation sites (tertiary alicyclic amines) is 1. The van der Waals surface area contributed by atoms with E-state index in [-0.39, 0.29) is 6.29 Å². The molecule has 4 nitrogen and oxygen atoms in total. The van der Waals surface area contributed by atoms with Crippen molar-refractivity contribution in [3.05, 3.63) is 35.4 Å². The van der Waals surface area contributed by atoms with Crippen LogP contribution in [0.5, 0.6) is 0 Å². The molecule has 1 aliphatic heterocycles. The fraction of sp³-hybridized carbons (Fsp3) is 0.625. The van der Waals surface area contributed by atoms with Crippen LogP contribution in [0.3, 0.4) is 0 Å². The highest BCUT2D eigenvalue weighted by molar-refractivity contribution is 5.33. The van der Waals surface area contributed by atoms with E-state index in [2.05, 4.69) is 18.0 Å². The van der Waals surface area contributed by atoms with Gasteiger partial charge in [0, 0.05) is 33.7 Å². The maximum absolute atomic E-state index is 11.0. The van der Waals surface area contributed by atoms with E-state index in [1.165, 1.54) is 0 Å². The first kappa shape index (κ1) is 15.4. The predicted octanol–water partition coefficient (Wildman–Crippen LogP) is 1.76. The third-order valence-electron chi connectivity index (χ3n) is 4.25. The lowest BCUT2D eigenvalue weighted by molar-refractivity contribution is -0.101. The zero-order valence-corrected chi connectivity index (χ0v) is 12.6. The van der Waals surface area contributed by atoms with E-state index in [0.29, 0.717) is 6.42 Å². The molecule has 0 amide bonds. The average Bonchev–Trinajstić information content (AvgIpc) is 2.48. The minimum Gasteiger partial charge on any atom is -0.385 e. The second kappa shape index (κ2) is 6.68. The lowest BCUT2D eigenvalue weighted by atomic mass is 9.81. The molecule has 20 heavy (non-hydrogen) atoms. The van der Waals surface area contributed by atoms with Crippen molar-refractivity contribution in [3.8, 4) is 0 Å². The summed E-state index contributed by atoms with van der Waals surface area (Å²) in [6, 6.07) is 8.07. The van der Waals surface area contributed by atoms with E-state index < -0.39 is 5.60 Å². The first-order valence-corrected chi connectivity index (χ1v) is 7.14. The van der Waals surface area contributed by atoms with Crippen molar-refractivity contribution in [2.75, 3.05) is 34.4 Å². The molecule has 0 aliphatic carbocycles. The van der Waals surface area contributed by atoms with Crippen molar-refractivity contribution < 1.29 is 14.6 Å². The third kappa shape index (κ3) is 3.38. The monoisotopic (exact) mass is 279 g/mol. The zero-order valence-electron chi connectivity index (χ0n) is 12.6. The van der Waals surface area contributed by atoms with Gasteiger partial charge in [0.15, 0.2) is 6.29 Å². The Hall–Kier alpha value is -0.940. The molecule has 1 heterocycles. The summed E-state index contributed by atoms with van der Waals surface area (Å²) in [7, 11) is 5.37. The molecule has 0 aromatic heterocycles. The van der Waals surface area contributed by atoms with Crippen molar-refractivity contribution >= 4 is 0 Å². The van der Waals surface area contributed by atoms with Gasteiger partial charge in [-0.15, -0.1) is 0 Å². The second-order valence-corrected chi connectivity index (χ2v) is 5.60. The van der Waals surface area contributed by atoms with Crippen LogP contribution >= 0.6 is 0 Å². The fourth-order valence-electron chi connectivity index (χ4n) is 2.85. The lowest BCUT2D eigenvalue weighted by Crippen LogP contribution is -2.41. The van der Waals surface area contributed by atoms with Gasteiger partial charge in [-0.25, -0.2) is 0 Å². The molecular formula is C16H25NO3. The van der Waals surface area contributed by atoms with E-state index in [1.807, 2.05) is 18.2 Å². The number of hydrogen-bond donors (Lipinski definition) is 1. The Bertz CT molecular complexity index is 423. The van der Waals surface area contributed by atoms with E-state index in [1.54, 1.807) is 14.2 Å². The minimum absolute atomic E-state index is 0.272. The summed E-state index contributed by atoms with van der Waals surface area (Å²) in [4.78, 5) is 2.25. The number of hydrogen-bond acceptors (Lipinski definition) is 4. The first-order chi connectivity index (χ1) is 9.59. The molecule has 0 atom stereocenters. The molecule has 1 aromatic rings. The van der Waals surface area contributed by atoms with Gasteiger partial charge < -0.3 is 19.5 Å². The normalized spacial score (nSPS) is 19.4. The van der Waals surface area contributed by atoms with E-state index in [9.17, 15) is 5.11 Å². The van der Waals surface area contributed by atoms with Gasteiger partial charge in [-0.3, -0.25) is 0 Å². The molecular weight excluding hydrogens is 254 g/mol. The van der Waals surface area contributed by atoms with Crippen LogP contribution in [0.4, 0.5) is 0 Å². The molecule has 0 bridgehead atoms. The summed E-state index contributed by atoms with van der Waals surface area (Å²) in [6.07, 6.45) is 1.92. The number of benzene rings is 1. The van der Waals surface area contributed by atoms with Gasteiger partial charge in [0.2, 0.25) is 0 Å². The fourth-order valence-corrected chi connectivity index (χ4v) is 2.85. The molecule has 1 aliphatic rings. The van der Waals surface area contributed by atoms with Crippen molar-refractivity contribution in [3.63, 3.8) is 0 Å². The Morgan fingerprint density at radius 2 is 1.80 bits per heavy atom. The number of piperidine rings is 1. The highest BCUT2D eigenvalue weighted by atomic mass is 16.7. The van der Waals surface area contributed by atoms with Gasteiger partial charge in [0.1, 0.15) is 0 Å². The summed E-state index contributed by atoms with van der Waals surface area (Å²) in [5, 5.41) is 11.0. The first-order valence-electron chi connectivity index (χ1n) is 7.14. The molecule has 0 radical (unpaired) electrons. The van der Waals surface area contributed by atoms with Crippen LogP contribution in [0.25, 0.3) is 0 Å². The molecule has 0 spiro atoms. The van der Waals surface area contributed by atoms with Gasteiger partial charge in [0.25, 0.3) is 0 Å². The molecule has 4 heteroatoms. The lowest BCUT2D eigenvalue weighted by Gasteiger charge is -2.38. The van der Waals surface area contributed by atoms with Gasteiger partial charge in [-0.1, -0.05) is 24.3 Å². The third-order valence-corrected chi connectivity index (χ3v) is 4.25. The van der Waals surface area contributed by atoms with Gasteiger partial charge in [-0.05, 0) is 31.0 Å². The SMILES string of the molecule is COC(Cc1ccccc1C1(O)CCN(C)CC1)OC. The van der Waals surface area contributed by atoms with E-state index in [4.69, 9.17) is 9.47 Å². The average molecular weight is 279 g/mol. The molecule has 0 unspecified atom stereocenters. The van der Waals surface area contributed by atoms with Crippen molar-refractivity contribution in [2.45, 2.75) is 31.2 Å². The maximum atomic E-state index is 11.0. The minimum atomic E-state index is -0.727. The van der Waals surface area contributed by atoms with Crippen LogP contribution in [-0.2, 0) is 21.5 Å². The van der Waals surface area contributed by atoms with E-state index >= 15 is 0 Å². The Balaban J connectivity index is 2.23. The number of aliphatic hydroxyl groups is 1. The highest BCUT2D eigenvalue weighted by Gasteiger charge is 2.34. The highest BCUT2D eigenvalue weighted by Crippen LogP contribution is 2.35. The second-order valence-electron chi connectivity index (χ2n) is 5.60. The van der Waals surface area contributed by atoms with Crippen LogP contribution < -0.4 is 0 Å². The summed E-state index contributed by atoms with van der Waals surface area (Å²) < 4.78 is 10.6. The Kier molecular flexibility index (Phi) is 5.16. The zero-order chi connectivity index (χ0) is 14.6. The number of nitrogens with zero attached hydrogens (tertiary/aromatic N) is 1. The van der Waals surface area contributed by atoms with Crippen molar-refractivity contribution in [2.24, 2.45) is 0 Å². The van der Waals surface area contributed by atoms with Crippen molar-refractivity contribution in [1.29, 1.82) is 0 Å². The van der Waals surface area contributed by atoms with Crippen LogP contribution in [0, 0.1) is 0 Å². The maximum Gasteiger partial charge on any atom is 0.160 e. The predicted molar refractivity (Wildman–Crippen MR) is 78.6 cm³/mol. The molecule has 1 saturated heterocycles. The molecule has 0 saturated carbocycles. The smallest absolute Gasteiger partial charge is 0.160 e.